The second-order valence-electron chi connectivity index (χ2n) is 9.58. The maximum Gasteiger partial charge on any atom is 0.366 e. The zero-order valence-electron chi connectivity index (χ0n) is 19.1. The van der Waals surface area contributed by atoms with Crippen molar-refractivity contribution in [2.75, 3.05) is 5.32 Å². The van der Waals surface area contributed by atoms with Crippen molar-refractivity contribution in [2.24, 2.45) is 5.41 Å². The first-order valence-corrected chi connectivity index (χ1v) is 10.5. The number of rotatable bonds is 7. The van der Waals surface area contributed by atoms with Gasteiger partial charge in [0.2, 0.25) is 0 Å². The molecule has 0 bridgehead atoms. The molecule has 1 unspecified atom stereocenters. The van der Waals surface area contributed by atoms with Crippen LogP contribution in [0.3, 0.4) is 0 Å². The Labute approximate surface area is 187 Å². The van der Waals surface area contributed by atoms with Crippen molar-refractivity contribution in [3.8, 4) is 0 Å². The van der Waals surface area contributed by atoms with Crippen LogP contribution in [0.1, 0.15) is 45.4 Å². The number of hydrogen-bond donors (Lipinski definition) is 3. The zero-order chi connectivity index (χ0) is 23.7. The molecular weight excluding hydrogens is 408 g/mol. The Balaban J connectivity index is 1.97. The number of carbonyl (C=O) groups is 1. The number of hydrogen-bond acceptors (Lipinski definition) is 6. The van der Waals surface area contributed by atoms with Crippen LogP contribution in [0.15, 0.2) is 57.8 Å². The molecule has 0 saturated heterocycles. The summed E-state index contributed by atoms with van der Waals surface area (Å²) in [6.45, 7) is 8.67. The summed E-state index contributed by atoms with van der Waals surface area (Å²) in [6.07, 6.45) is 0.110. The molecule has 0 aliphatic carbocycles. The van der Waals surface area contributed by atoms with E-state index in [1.54, 1.807) is 39.0 Å². The van der Waals surface area contributed by atoms with Crippen LogP contribution in [0.25, 0.3) is 10.8 Å². The summed E-state index contributed by atoms with van der Waals surface area (Å²) in [7, 11) is 0. The fourth-order valence-corrected chi connectivity index (χ4v) is 3.66. The number of benzene rings is 2. The molecule has 0 radical (unpaired) electrons. The van der Waals surface area contributed by atoms with Gasteiger partial charge in [0.15, 0.2) is 0 Å². The zero-order valence-corrected chi connectivity index (χ0v) is 19.1. The van der Waals surface area contributed by atoms with Gasteiger partial charge < -0.3 is 20.1 Å². The Morgan fingerprint density at radius 3 is 2.31 bits per heavy atom. The smallest absolute Gasteiger partial charge is 0.366 e. The van der Waals surface area contributed by atoms with Gasteiger partial charge in [0.05, 0.1) is 16.7 Å². The van der Waals surface area contributed by atoms with Gasteiger partial charge in [-0.1, -0.05) is 49.3 Å². The molecule has 1 amide bonds. The maximum absolute atomic E-state index is 13.4. The molecule has 0 fully saturated rings. The lowest BCUT2D eigenvalue weighted by molar-refractivity contribution is -0.143. The molecule has 0 aliphatic rings. The highest BCUT2D eigenvalue weighted by Gasteiger charge is 2.46. The van der Waals surface area contributed by atoms with E-state index < -0.39 is 28.1 Å². The second kappa shape index (κ2) is 8.48. The first-order valence-electron chi connectivity index (χ1n) is 10.5. The highest BCUT2D eigenvalue weighted by molar-refractivity contribution is 5.99. The minimum atomic E-state index is -1.79. The van der Waals surface area contributed by atoms with Crippen LogP contribution in [-0.4, -0.2) is 32.5 Å². The number of aryl methyl sites for hydroxylation is 1. The van der Waals surface area contributed by atoms with E-state index in [-0.39, 0.29) is 12.8 Å². The van der Waals surface area contributed by atoms with Gasteiger partial charge in [-0.25, -0.2) is 4.79 Å². The summed E-state index contributed by atoms with van der Waals surface area (Å²) in [4.78, 5) is 25.3. The monoisotopic (exact) mass is 438 g/mol. The third-order valence-corrected chi connectivity index (χ3v) is 6.31. The van der Waals surface area contributed by atoms with Gasteiger partial charge in [-0.15, -0.1) is 0 Å². The minimum Gasteiger partial charge on any atom is -0.390 e. The average Bonchev–Trinajstić information content (AvgIpc) is 2.70. The Morgan fingerprint density at radius 2 is 1.69 bits per heavy atom. The average molecular weight is 439 g/mol. The first kappa shape index (κ1) is 23.6. The summed E-state index contributed by atoms with van der Waals surface area (Å²) in [6, 6.07) is 14.0. The van der Waals surface area contributed by atoms with Crippen LogP contribution >= 0.6 is 0 Å². The van der Waals surface area contributed by atoms with Crippen LogP contribution in [0.2, 0.25) is 0 Å². The van der Waals surface area contributed by atoms with E-state index in [0.717, 1.165) is 5.56 Å². The maximum atomic E-state index is 13.4. The molecule has 2 aromatic carbocycles. The lowest BCUT2D eigenvalue weighted by Gasteiger charge is -2.42. The molecule has 170 valence electrons. The molecule has 0 aliphatic heterocycles. The summed E-state index contributed by atoms with van der Waals surface area (Å²) in [5, 5.41) is 29.7. The molecule has 32 heavy (non-hydrogen) atoms. The molecule has 3 aromatic rings. The summed E-state index contributed by atoms with van der Waals surface area (Å²) < 4.78 is 4.74. The van der Waals surface area contributed by atoms with E-state index in [4.69, 9.17) is 4.52 Å². The minimum absolute atomic E-state index is 0.0297. The van der Waals surface area contributed by atoms with Crippen LogP contribution in [-0.2, 0) is 11.2 Å². The molecule has 1 aromatic heterocycles. The quantitative estimate of drug-likeness (QED) is 0.520. The molecule has 7 nitrogen and oxygen atoms in total. The number of fused-ring (bicyclic) bond motifs is 1. The standard InChI is InChI=1S/C25H30N2O5/c1-16-20-13-18(11-12-19(20)21(28)32-27-16)26-22(29)25(31,14-17-9-7-6-8-10-17)15-23(2,3)24(4,5)30/h6-13,30-31H,14-15H2,1-5H3,(H,26,29). The largest absolute Gasteiger partial charge is 0.390 e. The van der Waals surface area contributed by atoms with E-state index in [2.05, 4.69) is 10.5 Å². The normalized spacial score (nSPS) is 14.2. The molecule has 0 saturated carbocycles. The van der Waals surface area contributed by atoms with E-state index >= 15 is 0 Å². The molecule has 1 atom stereocenters. The molecule has 0 spiro atoms. The lowest BCUT2D eigenvalue weighted by Crippen LogP contribution is -2.52. The van der Waals surface area contributed by atoms with Crippen molar-refractivity contribution in [3.05, 3.63) is 70.2 Å². The van der Waals surface area contributed by atoms with Gasteiger partial charge in [-0.2, -0.15) is 0 Å². The Morgan fingerprint density at radius 1 is 1.03 bits per heavy atom. The van der Waals surface area contributed by atoms with Crippen LogP contribution in [0.5, 0.6) is 0 Å². The third kappa shape index (κ3) is 4.89. The fourth-order valence-electron chi connectivity index (χ4n) is 3.66. The molecule has 7 heteroatoms. The highest BCUT2D eigenvalue weighted by atomic mass is 16.5. The topological polar surface area (TPSA) is 113 Å². The van der Waals surface area contributed by atoms with Crippen molar-refractivity contribution >= 4 is 22.4 Å². The summed E-state index contributed by atoms with van der Waals surface area (Å²) >= 11 is 0. The van der Waals surface area contributed by atoms with Crippen LogP contribution < -0.4 is 10.9 Å². The molecule has 3 N–H and O–H groups in total. The van der Waals surface area contributed by atoms with Gasteiger partial charge in [0.1, 0.15) is 5.60 Å². The predicted octanol–water partition coefficient (Wildman–Crippen LogP) is 3.60. The summed E-state index contributed by atoms with van der Waals surface area (Å²) in [5.74, 6) is -0.591. The predicted molar refractivity (Wildman–Crippen MR) is 123 cm³/mol. The summed E-state index contributed by atoms with van der Waals surface area (Å²) in [5.41, 5.74) is -2.51. The molecule has 3 rings (SSSR count). The fraction of sp³-hybridized carbons (Fsp3) is 0.400. The Hall–Kier alpha value is -3.03. The molecular formula is C25H30N2O5. The van der Waals surface area contributed by atoms with Gasteiger partial charge in [0.25, 0.3) is 5.91 Å². The van der Waals surface area contributed by atoms with Crippen LogP contribution in [0.4, 0.5) is 5.69 Å². The van der Waals surface area contributed by atoms with E-state index in [0.29, 0.717) is 22.2 Å². The number of nitrogens with zero attached hydrogens (tertiary/aromatic N) is 1. The SMILES string of the molecule is Cc1noc(=O)c2ccc(NC(=O)C(O)(Cc3ccccc3)CC(C)(C)C(C)(C)O)cc12. The Bertz CT molecular complexity index is 1180. The van der Waals surface area contributed by atoms with E-state index in [9.17, 15) is 19.8 Å². The number of amides is 1. The number of aromatic nitrogens is 1. The third-order valence-electron chi connectivity index (χ3n) is 6.31. The van der Waals surface area contributed by atoms with Gasteiger partial charge in [0, 0.05) is 17.5 Å². The van der Waals surface area contributed by atoms with E-state index in [1.807, 2.05) is 44.2 Å². The molecule has 1 heterocycles. The van der Waals surface area contributed by atoms with Gasteiger partial charge in [-0.05, 0) is 56.4 Å². The Kier molecular flexibility index (Phi) is 6.26. The van der Waals surface area contributed by atoms with Crippen molar-refractivity contribution in [1.29, 1.82) is 0 Å². The number of anilines is 1. The number of carbonyl (C=O) groups excluding carboxylic acids is 1. The van der Waals surface area contributed by atoms with Gasteiger partial charge >= 0.3 is 5.63 Å². The van der Waals surface area contributed by atoms with Crippen LogP contribution in [0, 0.1) is 12.3 Å². The second-order valence-corrected chi connectivity index (χ2v) is 9.58. The first-order chi connectivity index (χ1) is 14.8. The highest BCUT2D eigenvalue weighted by Crippen LogP contribution is 2.40. The van der Waals surface area contributed by atoms with E-state index in [1.165, 1.54) is 0 Å². The number of nitrogens with one attached hydrogen (secondary N) is 1. The number of aliphatic hydroxyl groups is 2. The lowest BCUT2D eigenvalue weighted by atomic mass is 9.68. The van der Waals surface area contributed by atoms with Crippen molar-refractivity contribution in [1.82, 2.24) is 5.16 Å². The van der Waals surface area contributed by atoms with Crippen molar-refractivity contribution in [3.63, 3.8) is 0 Å². The van der Waals surface area contributed by atoms with Gasteiger partial charge in [-0.3, -0.25) is 4.79 Å². The van der Waals surface area contributed by atoms with Crippen molar-refractivity contribution in [2.45, 2.75) is 58.7 Å². The van der Waals surface area contributed by atoms with Crippen molar-refractivity contribution < 1.29 is 19.5 Å².